The molecule has 0 saturated carbocycles. The van der Waals surface area contributed by atoms with Crippen LogP contribution in [0.25, 0.3) is 0 Å². The van der Waals surface area contributed by atoms with E-state index in [9.17, 15) is 19.0 Å². The van der Waals surface area contributed by atoms with Crippen molar-refractivity contribution in [2.24, 2.45) is 5.73 Å². The summed E-state index contributed by atoms with van der Waals surface area (Å²) in [4.78, 5) is 34.9. The van der Waals surface area contributed by atoms with Gasteiger partial charge in [0.25, 0.3) is 0 Å². The number of phosphoric acid groups is 1. The summed E-state index contributed by atoms with van der Waals surface area (Å²) in [5.74, 6) is -0.866. The highest BCUT2D eigenvalue weighted by Crippen LogP contribution is 2.43. The van der Waals surface area contributed by atoms with Gasteiger partial charge in [-0.3, -0.25) is 18.6 Å². The number of rotatable bonds is 40. The number of allylic oxidation sites excluding steroid dienone is 14. The Hall–Kier alpha value is -2.81. The lowest BCUT2D eigenvalue weighted by Crippen LogP contribution is -2.29. The van der Waals surface area contributed by atoms with Crippen molar-refractivity contribution in [1.29, 1.82) is 0 Å². The van der Waals surface area contributed by atoms with Gasteiger partial charge in [-0.15, -0.1) is 0 Å². The smallest absolute Gasteiger partial charge is 0.462 e. The molecule has 0 aromatic carbocycles. The number of carbonyl (C=O) groups excluding carboxylic acids is 2. The summed E-state index contributed by atoms with van der Waals surface area (Å²) >= 11 is 0. The molecule has 326 valence electrons. The number of ether oxygens (including phenoxy) is 2. The molecule has 0 aromatic rings. The molecular formula is C47H80NO8P. The molecule has 0 saturated heterocycles. The molecule has 0 amide bonds. The zero-order valence-electron chi connectivity index (χ0n) is 35.8. The van der Waals surface area contributed by atoms with Crippen molar-refractivity contribution in [2.45, 2.75) is 174 Å². The van der Waals surface area contributed by atoms with E-state index in [2.05, 4.69) is 98.9 Å². The Labute approximate surface area is 347 Å². The Kier molecular flexibility index (Phi) is 40.7. The summed E-state index contributed by atoms with van der Waals surface area (Å²) in [6.45, 7) is 3.50. The number of phosphoric ester groups is 1. The zero-order chi connectivity index (χ0) is 41.8. The lowest BCUT2D eigenvalue weighted by molar-refractivity contribution is -0.161. The van der Waals surface area contributed by atoms with Crippen molar-refractivity contribution in [3.63, 3.8) is 0 Å². The summed E-state index contributed by atoms with van der Waals surface area (Å²) in [5.41, 5.74) is 5.35. The second kappa shape index (κ2) is 42.8. The first kappa shape index (κ1) is 54.2. The summed E-state index contributed by atoms with van der Waals surface area (Å²) in [7, 11) is -4.39. The minimum absolute atomic E-state index is 0.0447. The summed E-state index contributed by atoms with van der Waals surface area (Å²) in [6, 6.07) is 0. The maximum Gasteiger partial charge on any atom is 0.472 e. The van der Waals surface area contributed by atoms with Gasteiger partial charge in [-0.05, 0) is 83.5 Å². The Morgan fingerprint density at radius 3 is 1.44 bits per heavy atom. The zero-order valence-corrected chi connectivity index (χ0v) is 36.7. The lowest BCUT2D eigenvalue weighted by atomic mass is 10.1. The van der Waals surface area contributed by atoms with E-state index >= 15 is 0 Å². The van der Waals surface area contributed by atoms with Crippen LogP contribution in [0.5, 0.6) is 0 Å². The van der Waals surface area contributed by atoms with E-state index in [1.54, 1.807) is 0 Å². The maximum absolute atomic E-state index is 12.6. The molecule has 0 fully saturated rings. The van der Waals surface area contributed by atoms with Crippen LogP contribution in [0.2, 0.25) is 0 Å². The SMILES string of the molecule is CC/C=C\C/C=C\C/C=C\C/C=C\C/C=C\CCCCCCCCCC(=O)OC(COC(=O)CCCCCCC/C=C\C/C=C\CCC)COP(=O)(O)OCCN. The predicted octanol–water partition coefficient (Wildman–Crippen LogP) is 12.8. The quantitative estimate of drug-likeness (QED) is 0.0268. The molecule has 9 nitrogen and oxygen atoms in total. The Bertz CT molecular complexity index is 1210. The van der Waals surface area contributed by atoms with E-state index in [0.29, 0.717) is 12.8 Å². The van der Waals surface area contributed by atoms with Gasteiger partial charge in [-0.2, -0.15) is 0 Å². The topological polar surface area (TPSA) is 134 Å². The number of hydrogen-bond donors (Lipinski definition) is 2. The van der Waals surface area contributed by atoms with Gasteiger partial charge in [0.1, 0.15) is 6.61 Å². The van der Waals surface area contributed by atoms with E-state index in [0.717, 1.165) is 103 Å². The molecule has 57 heavy (non-hydrogen) atoms. The molecule has 0 aliphatic heterocycles. The molecule has 3 N–H and O–H groups in total. The van der Waals surface area contributed by atoms with Crippen LogP contribution >= 0.6 is 7.82 Å². The van der Waals surface area contributed by atoms with Gasteiger partial charge >= 0.3 is 19.8 Å². The largest absolute Gasteiger partial charge is 0.472 e. The van der Waals surface area contributed by atoms with Gasteiger partial charge < -0.3 is 20.1 Å². The van der Waals surface area contributed by atoms with Crippen molar-refractivity contribution in [3.05, 3.63) is 85.1 Å². The predicted molar refractivity (Wildman–Crippen MR) is 238 cm³/mol. The summed E-state index contributed by atoms with van der Waals surface area (Å²) in [5, 5.41) is 0. The lowest BCUT2D eigenvalue weighted by Gasteiger charge is -2.19. The Morgan fingerprint density at radius 1 is 0.544 bits per heavy atom. The molecule has 2 atom stereocenters. The minimum atomic E-state index is -4.39. The fourth-order valence-electron chi connectivity index (χ4n) is 5.52. The van der Waals surface area contributed by atoms with Crippen LogP contribution in [-0.2, 0) is 32.7 Å². The number of nitrogens with two attached hydrogens (primary N) is 1. The van der Waals surface area contributed by atoms with Crippen LogP contribution in [0.4, 0.5) is 0 Å². The second-order valence-corrected chi connectivity index (χ2v) is 15.6. The molecule has 10 heteroatoms. The molecule has 0 bridgehead atoms. The second-order valence-electron chi connectivity index (χ2n) is 14.2. The van der Waals surface area contributed by atoms with E-state index in [1.807, 2.05) is 0 Å². The third-order valence-electron chi connectivity index (χ3n) is 8.75. The number of unbranched alkanes of at least 4 members (excludes halogenated alkanes) is 13. The van der Waals surface area contributed by atoms with E-state index < -0.39 is 32.5 Å². The number of carbonyl (C=O) groups is 2. The Balaban J connectivity index is 4.17. The van der Waals surface area contributed by atoms with Crippen LogP contribution in [-0.4, -0.2) is 49.3 Å². The maximum atomic E-state index is 12.6. The van der Waals surface area contributed by atoms with Crippen molar-refractivity contribution < 1.29 is 37.6 Å². The first-order valence-corrected chi connectivity index (χ1v) is 23.6. The molecule has 0 spiro atoms. The fraction of sp³-hybridized carbons (Fsp3) is 0.660. The van der Waals surface area contributed by atoms with Crippen molar-refractivity contribution in [3.8, 4) is 0 Å². The van der Waals surface area contributed by atoms with Crippen LogP contribution in [0.1, 0.15) is 168 Å². The van der Waals surface area contributed by atoms with Gasteiger partial charge in [-0.25, -0.2) is 4.57 Å². The van der Waals surface area contributed by atoms with Crippen molar-refractivity contribution in [2.75, 3.05) is 26.4 Å². The van der Waals surface area contributed by atoms with Gasteiger partial charge in [0, 0.05) is 19.4 Å². The van der Waals surface area contributed by atoms with Crippen LogP contribution < -0.4 is 5.73 Å². The normalized spacial score (nSPS) is 14.1. The van der Waals surface area contributed by atoms with Crippen molar-refractivity contribution >= 4 is 19.8 Å². The van der Waals surface area contributed by atoms with Gasteiger partial charge in [0.15, 0.2) is 6.10 Å². The molecule has 0 heterocycles. The molecule has 0 rings (SSSR count). The fourth-order valence-corrected chi connectivity index (χ4v) is 6.29. The van der Waals surface area contributed by atoms with E-state index in [4.69, 9.17) is 24.3 Å². The molecule has 0 aromatic heterocycles. The third-order valence-corrected chi connectivity index (χ3v) is 9.73. The Morgan fingerprint density at radius 2 is 0.965 bits per heavy atom. The summed E-state index contributed by atoms with van der Waals surface area (Å²) in [6.07, 6.45) is 53.3. The first-order chi connectivity index (χ1) is 27.8. The highest BCUT2D eigenvalue weighted by molar-refractivity contribution is 7.47. The number of esters is 2. The monoisotopic (exact) mass is 818 g/mol. The molecular weight excluding hydrogens is 737 g/mol. The first-order valence-electron chi connectivity index (χ1n) is 22.1. The number of hydrogen-bond acceptors (Lipinski definition) is 8. The molecule has 2 unspecified atom stereocenters. The average Bonchev–Trinajstić information content (AvgIpc) is 3.20. The average molecular weight is 818 g/mol. The van der Waals surface area contributed by atoms with Crippen LogP contribution in [0.15, 0.2) is 85.1 Å². The standard InChI is InChI=1S/C47H80NO8P/c1-3-5-7-9-11-13-15-17-18-19-20-21-22-23-24-25-26-28-30-32-34-36-38-40-47(50)56-45(44-55-57(51,52)54-42-41-48)43-53-46(49)39-37-35-33-31-29-27-16-14-12-10-8-6-4-2/h5,7-8,10-11,13-14,16-18,20-21,23-24,45H,3-4,6,9,12,15,19,22,25-44,48H2,1-2H3,(H,51,52)/b7-5-,10-8-,13-11-,16-14-,18-17-,21-20-,24-23-. The minimum Gasteiger partial charge on any atom is -0.462 e. The van der Waals surface area contributed by atoms with E-state index in [-0.39, 0.29) is 32.6 Å². The van der Waals surface area contributed by atoms with Gasteiger partial charge in [0.05, 0.1) is 13.2 Å². The van der Waals surface area contributed by atoms with Gasteiger partial charge in [-0.1, -0.05) is 157 Å². The third kappa shape index (κ3) is 42.6. The molecule has 0 radical (unpaired) electrons. The molecule has 0 aliphatic rings. The van der Waals surface area contributed by atoms with Crippen LogP contribution in [0.3, 0.4) is 0 Å². The highest BCUT2D eigenvalue weighted by atomic mass is 31.2. The van der Waals surface area contributed by atoms with Gasteiger partial charge in [0.2, 0.25) is 0 Å². The highest BCUT2D eigenvalue weighted by Gasteiger charge is 2.26. The van der Waals surface area contributed by atoms with Crippen molar-refractivity contribution in [1.82, 2.24) is 0 Å². The molecule has 0 aliphatic carbocycles. The van der Waals surface area contributed by atoms with E-state index in [1.165, 1.54) is 25.7 Å². The van der Waals surface area contributed by atoms with Crippen LogP contribution in [0, 0.1) is 0 Å². The summed E-state index contributed by atoms with van der Waals surface area (Å²) < 4.78 is 32.8.